The van der Waals surface area contributed by atoms with Crippen molar-refractivity contribution in [3.63, 3.8) is 0 Å². The van der Waals surface area contributed by atoms with E-state index in [9.17, 15) is 0 Å². The summed E-state index contributed by atoms with van der Waals surface area (Å²) in [4.78, 5) is 0. The van der Waals surface area contributed by atoms with E-state index in [1.807, 2.05) is 12.1 Å². The van der Waals surface area contributed by atoms with Crippen LogP contribution in [0.2, 0.25) is 0 Å². The molecule has 2 aromatic rings. The molecule has 1 unspecified atom stereocenters. The summed E-state index contributed by atoms with van der Waals surface area (Å²) in [5.74, 6) is 1.67. The molecule has 2 heteroatoms. The molecule has 16 heavy (non-hydrogen) atoms. The quantitative estimate of drug-likeness (QED) is 0.761. The van der Waals surface area contributed by atoms with Gasteiger partial charge in [0.1, 0.15) is 5.75 Å². The van der Waals surface area contributed by atoms with E-state index in [2.05, 4.69) is 36.7 Å². The van der Waals surface area contributed by atoms with Crippen LogP contribution in [0.3, 0.4) is 0 Å². The van der Waals surface area contributed by atoms with Gasteiger partial charge in [-0.25, -0.2) is 0 Å². The Kier molecular flexibility index (Phi) is 3.18. The van der Waals surface area contributed by atoms with Crippen molar-refractivity contribution in [1.82, 2.24) is 4.57 Å². The smallest absolute Gasteiger partial charge is 0.128 e. The molecular formula is C14H19NO. The van der Waals surface area contributed by atoms with Crippen LogP contribution in [-0.4, -0.2) is 11.7 Å². The number of methoxy groups -OCH3 is 1. The standard InChI is InChI=1S/C14H19NO/c1-4-11(2)10-15-9-8-12-13(15)6-5-7-14(12)16-3/h5-9,11H,4,10H2,1-3H3. The van der Waals surface area contributed by atoms with Gasteiger partial charge in [-0.15, -0.1) is 0 Å². The summed E-state index contributed by atoms with van der Waals surface area (Å²) in [6, 6.07) is 8.35. The number of aromatic nitrogens is 1. The Morgan fingerprint density at radius 2 is 2.12 bits per heavy atom. The molecule has 0 N–H and O–H groups in total. The van der Waals surface area contributed by atoms with Crippen LogP contribution in [0.1, 0.15) is 20.3 Å². The van der Waals surface area contributed by atoms with Crippen molar-refractivity contribution in [2.45, 2.75) is 26.8 Å². The molecule has 1 atom stereocenters. The highest BCUT2D eigenvalue weighted by Gasteiger charge is 2.07. The first-order chi connectivity index (χ1) is 7.76. The molecule has 1 aromatic heterocycles. The lowest BCUT2D eigenvalue weighted by Crippen LogP contribution is -2.05. The molecular weight excluding hydrogens is 198 g/mol. The van der Waals surface area contributed by atoms with Gasteiger partial charge in [-0.05, 0) is 24.1 Å². The van der Waals surface area contributed by atoms with Gasteiger partial charge in [0.2, 0.25) is 0 Å². The number of hydrogen-bond donors (Lipinski definition) is 0. The van der Waals surface area contributed by atoms with Crippen molar-refractivity contribution in [1.29, 1.82) is 0 Å². The van der Waals surface area contributed by atoms with Gasteiger partial charge in [-0.2, -0.15) is 0 Å². The first-order valence-electron chi connectivity index (χ1n) is 5.88. The van der Waals surface area contributed by atoms with E-state index in [4.69, 9.17) is 4.74 Å². The molecule has 1 heterocycles. The minimum Gasteiger partial charge on any atom is -0.496 e. The van der Waals surface area contributed by atoms with Gasteiger partial charge in [0.05, 0.1) is 12.6 Å². The van der Waals surface area contributed by atoms with Crippen LogP contribution in [0.5, 0.6) is 5.75 Å². The number of benzene rings is 1. The zero-order valence-corrected chi connectivity index (χ0v) is 10.2. The van der Waals surface area contributed by atoms with Gasteiger partial charge < -0.3 is 9.30 Å². The highest BCUT2D eigenvalue weighted by molar-refractivity contribution is 5.86. The predicted molar refractivity (Wildman–Crippen MR) is 67.9 cm³/mol. The largest absolute Gasteiger partial charge is 0.496 e. The summed E-state index contributed by atoms with van der Waals surface area (Å²) in [5.41, 5.74) is 1.26. The van der Waals surface area contributed by atoms with E-state index in [-0.39, 0.29) is 0 Å². The van der Waals surface area contributed by atoms with Gasteiger partial charge in [0.25, 0.3) is 0 Å². The van der Waals surface area contributed by atoms with Crippen LogP contribution < -0.4 is 4.74 Å². The summed E-state index contributed by atoms with van der Waals surface area (Å²) >= 11 is 0. The van der Waals surface area contributed by atoms with E-state index in [0.29, 0.717) is 5.92 Å². The number of rotatable bonds is 4. The van der Waals surface area contributed by atoms with Crippen LogP contribution in [-0.2, 0) is 6.54 Å². The van der Waals surface area contributed by atoms with E-state index >= 15 is 0 Å². The molecule has 0 saturated heterocycles. The SMILES string of the molecule is CCC(C)Cn1ccc2c(OC)cccc21. The molecule has 0 spiro atoms. The monoisotopic (exact) mass is 217 g/mol. The van der Waals surface area contributed by atoms with Gasteiger partial charge in [0, 0.05) is 18.1 Å². The van der Waals surface area contributed by atoms with Crippen molar-refractivity contribution >= 4 is 10.9 Å². The Balaban J connectivity index is 2.41. The number of hydrogen-bond acceptors (Lipinski definition) is 1. The molecule has 0 radical (unpaired) electrons. The number of ether oxygens (including phenoxy) is 1. The molecule has 0 fully saturated rings. The summed E-state index contributed by atoms with van der Waals surface area (Å²) < 4.78 is 7.67. The topological polar surface area (TPSA) is 14.2 Å². The van der Waals surface area contributed by atoms with Gasteiger partial charge in [0.15, 0.2) is 0 Å². The van der Waals surface area contributed by atoms with E-state index in [1.165, 1.54) is 17.3 Å². The highest BCUT2D eigenvalue weighted by Crippen LogP contribution is 2.26. The highest BCUT2D eigenvalue weighted by atomic mass is 16.5. The lowest BCUT2D eigenvalue weighted by atomic mass is 10.1. The fraction of sp³-hybridized carbons (Fsp3) is 0.429. The van der Waals surface area contributed by atoms with E-state index in [0.717, 1.165) is 12.3 Å². The second-order valence-corrected chi connectivity index (χ2v) is 4.37. The lowest BCUT2D eigenvalue weighted by Gasteiger charge is -2.11. The fourth-order valence-electron chi connectivity index (χ4n) is 2.00. The molecule has 0 aliphatic heterocycles. The van der Waals surface area contributed by atoms with Crippen LogP contribution in [0, 0.1) is 5.92 Å². The molecule has 0 aliphatic carbocycles. The molecule has 2 rings (SSSR count). The Labute approximate surface area is 96.8 Å². The van der Waals surface area contributed by atoms with E-state index < -0.39 is 0 Å². The Morgan fingerprint density at radius 3 is 2.81 bits per heavy atom. The first kappa shape index (κ1) is 11.1. The average Bonchev–Trinajstić information content (AvgIpc) is 2.72. The summed E-state index contributed by atoms with van der Waals surface area (Å²) in [6.07, 6.45) is 3.36. The maximum atomic E-state index is 5.36. The normalized spacial score (nSPS) is 12.9. The maximum Gasteiger partial charge on any atom is 0.128 e. The van der Waals surface area contributed by atoms with Crippen molar-refractivity contribution in [2.24, 2.45) is 5.92 Å². The van der Waals surface area contributed by atoms with Crippen LogP contribution in [0.4, 0.5) is 0 Å². The third-order valence-corrected chi connectivity index (χ3v) is 3.20. The summed E-state index contributed by atoms with van der Waals surface area (Å²) in [7, 11) is 1.72. The molecule has 2 nitrogen and oxygen atoms in total. The van der Waals surface area contributed by atoms with Crippen LogP contribution in [0.25, 0.3) is 10.9 Å². The van der Waals surface area contributed by atoms with Crippen molar-refractivity contribution in [3.8, 4) is 5.75 Å². The molecule has 86 valence electrons. The second kappa shape index (κ2) is 4.60. The number of fused-ring (bicyclic) bond motifs is 1. The zero-order chi connectivity index (χ0) is 11.5. The van der Waals surface area contributed by atoms with Crippen molar-refractivity contribution < 1.29 is 4.74 Å². The Bertz CT molecular complexity index is 473. The zero-order valence-electron chi connectivity index (χ0n) is 10.2. The molecule has 0 amide bonds. The predicted octanol–water partition coefficient (Wildman–Crippen LogP) is 3.70. The minimum absolute atomic E-state index is 0.710. The first-order valence-corrected chi connectivity index (χ1v) is 5.88. The number of nitrogens with zero attached hydrogens (tertiary/aromatic N) is 1. The van der Waals surface area contributed by atoms with Crippen LogP contribution in [0.15, 0.2) is 30.5 Å². The van der Waals surface area contributed by atoms with Crippen molar-refractivity contribution in [3.05, 3.63) is 30.5 Å². The molecule has 0 bridgehead atoms. The van der Waals surface area contributed by atoms with E-state index in [1.54, 1.807) is 7.11 Å². The average molecular weight is 217 g/mol. The second-order valence-electron chi connectivity index (χ2n) is 4.37. The van der Waals surface area contributed by atoms with Crippen molar-refractivity contribution in [2.75, 3.05) is 7.11 Å². The van der Waals surface area contributed by atoms with Crippen LogP contribution >= 0.6 is 0 Å². The summed E-state index contributed by atoms with van der Waals surface area (Å²) in [6.45, 7) is 5.59. The molecule has 0 aliphatic rings. The summed E-state index contributed by atoms with van der Waals surface area (Å²) in [5, 5.41) is 1.20. The van der Waals surface area contributed by atoms with Gasteiger partial charge >= 0.3 is 0 Å². The minimum atomic E-state index is 0.710. The molecule has 0 saturated carbocycles. The third kappa shape index (κ3) is 1.92. The maximum absolute atomic E-state index is 5.36. The third-order valence-electron chi connectivity index (χ3n) is 3.20. The van der Waals surface area contributed by atoms with Gasteiger partial charge in [-0.3, -0.25) is 0 Å². The Morgan fingerprint density at radius 1 is 1.31 bits per heavy atom. The fourth-order valence-corrected chi connectivity index (χ4v) is 2.00. The molecule has 1 aromatic carbocycles. The lowest BCUT2D eigenvalue weighted by molar-refractivity contribution is 0.419. The van der Waals surface area contributed by atoms with Gasteiger partial charge in [-0.1, -0.05) is 26.3 Å². The Hall–Kier alpha value is -1.44.